The SMILES string of the molecule is CN1CCc2nnc([C@H]3CCCN3C(=O)COc3ccc(F)cc3F)n2CC1. The molecule has 0 bridgehead atoms. The number of halogens is 2. The number of likely N-dealkylation sites (tertiary alicyclic amines) is 1. The number of aromatic nitrogens is 3. The van der Waals surface area contributed by atoms with Crippen LogP contribution in [-0.2, 0) is 17.8 Å². The highest BCUT2D eigenvalue weighted by molar-refractivity contribution is 5.78. The molecule has 1 atom stereocenters. The molecule has 1 fully saturated rings. The Kier molecular flexibility index (Phi) is 5.25. The van der Waals surface area contributed by atoms with E-state index < -0.39 is 11.6 Å². The summed E-state index contributed by atoms with van der Waals surface area (Å²) in [6.07, 6.45) is 2.51. The molecule has 1 saturated heterocycles. The normalized spacial score (nSPS) is 20.1. The lowest BCUT2D eigenvalue weighted by Crippen LogP contribution is -2.36. The fourth-order valence-corrected chi connectivity index (χ4v) is 3.85. The van der Waals surface area contributed by atoms with E-state index in [1.807, 2.05) is 0 Å². The molecule has 28 heavy (non-hydrogen) atoms. The van der Waals surface area contributed by atoms with E-state index in [0.717, 1.165) is 62.7 Å². The van der Waals surface area contributed by atoms with Crippen LogP contribution in [0.15, 0.2) is 18.2 Å². The third kappa shape index (κ3) is 3.71. The van der Waals surface area contributed by atoms with Crippen molar-refractivity contribution in [3.05, 3.63) is 41.5 Å². The minimum atomic E-state index is -0.822. The van der Waals surface area contributed by atoms with Gasteiger partial charge in [-0.1, -0.05) is 0 Å². The van der Waals surface area contributed by atoms with Crippen molar-refractivity contribution in [2.24, 2.45) is 0 Å². The second kappa shape index (κ2) is 7.83. The molecular weight excluding hydrogens is 368 g/mol. The van der Waals surface area contributed by atoms with E-state index in [2.05, 4.69) is 26.7 Å². The Morgan fingerprint density at radius 1 is 1.21 bits per heavy atom. The third-order valence-electron chi connectivity index (χ3n) is 5.39. The van der Waals surface area contributed by atoms with Crippen LogP contribution < -0.4 is 4.74 Å². The summed E-state index contributed by atoms with van der Waals surface area (Å²) in [5.41, 5.74) is 0. The van der Waals surface area contributed by atoms with Gasteiger partial charge in [-0.25, -0.2) is 8.78 Å². The van der Waals surface area contributed by atoms with Crippen molar-refractivity contribution in [2.75, 3.05) is 33.3 Å². The number of carbonyl (C=O) groups excluding carboxylic acids is 1. The fraction of sp³-hybridized carbons (Fsp3) is 0.526. The molecular formula is C19H23F2N5O2. The van der Waals surface area contributed by atoms with Crippen molar-refractivity contribution in [3.8, 4) is 5.75 Å². The molecule has 1 aromatic carbocycles. The van der Waals surface area contributed by atoms with Crippen LogP contribution in [-0.4, -0.2) is 63.8 Å². The van der Waals surface area contributed by atoms with Crippen LogP contribution in [0.2, 0.25) is 0 Å². The monoisotopic (exact) mass is 391 g/mol. The van der Waals surface area contributed by atoms with Crippen LogP contribution in [0.4, 0.5) is 8.78 Å². The van der Waals surface area contributed by atoms with E-state index in [4.69, 9.17) is 4.74 Å². The van der Waals surface area contributed by atoms with Gasteiger partial charge in [-0.15, -0.1) is 10.2 Å². The van der Waals surface area contributed by atoms with Crippen LogP contribution in [0.25, 0.3) is 0 Å². The van der Waals surface area contributed by atoms with Gasteiger partial charge in [0.1, 0.15) is 11.6 Å². The van der Waals surface area contributed by atoms with Crippen molar-refractivity contribution in [3.63, 3.8) is 0 Å². The van der Waals surface area contributed by atoms with Gasteiger partial charge in [0, 0.05) is 38.7 Å². The molecule has 0 aliphatic carbocycles. The highest BCUT2D eigenvalue weighted by Gasteiger charge is 2.34. The smallest absolute Gasteiger partial charge is 0.261 e. The van der Waals surface area contributed by atoms with Crippen LogP contribution in [0.5, 0.6) is 5.75 Å². The quantitative estimate of drug-likeness (QED) is 0.795. The highest BCUT2D eigenvalue weighted by atomic mass is 19.1. The number of benzene rings is 1. The fourth-order valence-electron chi connectivity index (χ4n) is 3.85. The zero-order valence-electron chi connectivity index (χ0n) is 15.8. The van der Waals surface area contributed by atoms with Gasteiger partial charge in [-0.2, -0.15) is 0 Å². The zero-order valence-corrected chi connectivity index (χ0v) is 15.8. The third-order valence-corrected chi connectivity index (χ3v) is 5.39. The van der Waals surface area contributed by atoms with Crippen molar-refractivity contribution in [1.29, 1.82) is 0 Å². The molecule has 1 aromatic heterocycles. The summed E-state index contributed by atoms with van der Waals surface area (Å²) in [7, 11) is 2.08. The molecule has 4 rings (SSSR count). The maximum Gasteiger partial charge on any atom is 0.261 e. The molecule has 0 N–H and O–H groups in total. The van der Waals surface area contributed by atoms with Gasteiger partial charge in [-0.3, -0.25) is 4.79 Å². The van der Waals surface area contributed by atoms with Gasteiger partial charge in [0.25, 0.3) is 5.91 Å². The van der Waals surface area contributed by atoms with Crippen molar-refractivity contribution in [2.45, 2.75) is 31.8 Å². The number of fused-ring (bicyclic) bond motifs is 1. The molecule has 1 amide bonds. The summed E-state index contributed by atoms with van der Waals surface area (Å²) < 4.78 is 34.1. The highest BCUT2D eigenvalue weighted by Crippen LogP contribution is 2.32. The molecule has 0 spiro atoms. The minimum absolute atomic E-state index is 0.134. The molecule has 2 aromatic rings. The number of rotatable bonds is 4. The maximum atomic E-state index is 13.7. The lowest BCUT2D eigenvalue weighted by molar-refractivity contribution is -0.134. The van der Waals surface area contributed by atoms with Crippen molar-refractivity contribution < 1.29 is 18.3 Å². The number of hydrogen-bond acceptors (Lipinski definition) is 5. The molecule has 2 aliphatic heterocycles. The Balaban J connectivity index is 1.46. The minimum Gasteiger partial charge on any atom is -0.481 e. The van der Waals surface area contributed by atoms with E-state index in [-0.39, 0.29) is 24.3 Å². The Hall–Kier alpha value is -2.55. The largest absolute Gasteiger partial charge is 0.481 e. The van der Waals surface area contributed by atoms with Crippen LogP contribution in [0.1, 0.15) is 30.5 Å². The maximum absolute atomic E-state index is 13.7. The Morgan fingerprint density at radius 2 is 2.07 bits per heavy atom. The predicted molar refractivity (Wildman–Crippen MR) is 96.8 cm³/mol. The average molecular weight is 391 g/mol. The first-order valence-corrected chi connectivity index (χ1v) is 9.51. The molecule has 2 aliphatic rings. The summed E-state index contributed by atoms with van der Waals surface area (Å²) in [5, 5.41) is 8.71. The topological polar surface area (TPSA) is 63.5 Å². The molecule has 3 heterocycles. The van der Waals surface area contributed by atoms with Gasteiger partial charge in [-0.05, 0) is 32.0 Å². The van der Waals surface area contributed by atoms with Gasteiger partial charge in [0.05, 0.1) is 6.04 Å². The number of nitrogens with zero attached hydrogens (tertiary/aromatic N) is 5. The first kappa shape index (κ1) is 18.8. The number of likely N-dealkylation sites (N-methyl/N-ethyl adjacent to an activating group) is 1. The number of hydrogen-bond donors (Lipinski definition) is 0. The van der Waals surface area contributed by atoms with Crippen LogP contribution in [0, 0.1) is 11.6 Å². The molecule has 0 radical (unpaired) electrons. The summed E-state index contributed by atoms with van der Waals surface area (Å²) in [6, 6.07) is 2.87. The standard InChI is InChI=1S/C19H23F2N5O2/c1-24-8-6-17-22-23-19(26(17)10-9-24)15-3-2-7-25(15)18(27)12-28-16-5-4-13(20)11-14(16)21/h4-5,11,15H,2-3,6-10,12H2,1H3/t15-/m1/s1. The molecule has 0 saturated carbocycles. The van der Waals surface area contributed by atoms with Gasteiger partial charge >= 0.3 is 0 Å². The molecule has 0 unspecified atom stereocenters. The molecule has 150 valence electrons. The predicted octanol–water partition coefficient (Wildman–Crippen LogP) is 1.79. The van der Waals surface area contributed by atoms with Crippen molar-refractivity contribution in [1.82, 2.24) is 24.6 Å². The van der Waals surface area contributed by atoms with Crippen LogP contribution >= 0.6 is 0 Å². The first-order valence-electron chi connectivity index (χ1n) is 9.51. The van der Waals surface area contributed by atoms with E-state index in [1.54, 1.807) is 4.90 Å². The lowest BCUT2D eigenvalue weighted by Gasteiger charge is -2.25. The molecule has 7 nitrogen and oxygen atoms in total. The summed E-state index contributed by atoms with van der Waals surface area (Å²) in [5.74, 6) is -0.127. The zero-order chi connectivity index (χ0) is 19.7. The number of carbonyl (C=O) groups is 1. The average Bonchev–Trinajstić information content (AvgIpc) is 3.26. The van der Waals surface area contributed by atoms with E-state index in [1.165, 1.54) is 6.07 Å². The number of ether oxygens (including phenoxy) is 1. The van der Waals surface area contributed by atoms with E-state index >= 15 is 0 Å². The summed E-state index contributed by atoms with van der Waals surface area (Å²) in [4.78, 5) is 16.7. The van der Waals surface area contributed by atoms with Crippen LogP contribution in [0.3, 0.4) is 0 Å². The summed E-state index contributed by atoms with van der Waals surface area (Å²) >= 11 is 0. The van der Waals surface area contributed by atoms with E-state index in [0.29, 0.717) is 6.54 Å². The Bertz CT molecular complexity index is 872. The Morgan fingerprint density at radius 3 is 2.89 bits per heavy atom. The van der Waals surface area contributed by atoms with E-state index in [9.17, 15) is 13.6 Å². The van der Waals surface area contributed by atoms with Gasteiger partial charge < -0.3 is 19.1 Å². The number of amides is 1. The Labute approximate surface area is 161 Å². The van der Waals surface area contributed by atoms with Gasteiger partial charge in [0.2, 0.25) is 0 Å². The van der Waals surface area contributed by atoms with Crippen molar-refractivity contribution >= 4 is 5.91 Å². The second-order valence-corrected chi connectivity index (χ2v) is 7.29. The lowest BCUT2D eigenvalue weighted by atomic mass is 10.2. The second-order valence-electron chi connectivity index (χ2n) is 7.29. The molecule has 9 heteroatoms. The summed E-state index contributed by atoms with van der Waals surface area (Å²) in [6.45, 7) is 2.93. The first-order chi connectivity index (χ1) is 13.5. The van der Waals surface area contributed by atoms with Gasteiger partial charge in [0.15, 0.2) is 24.0 Å².